The molecule has 4 heteroatoms. The van der Waals surface area contributed by atoms with Gasteiger partial charge in [0.2, 0.25) is 11.8 Å². The van der Waals surface area contributed by atoms with Gasteiger partial charge in [0.1, 0.15) is 0 Å². The highest BCUT2D eigenvalue weighted by Crippen LogP contribution is 2.22. The number of amides is 2. The van der Waals surface area contributed by atoms with Crippen LogP contribution in [0, 0.1) is 0 Å². The molecule has 2 amide bonds. The van der Waals surface area contributed by atoms with Crippen LogP contribution in [-0.2, 0) is 41.9 Å². The summed E-state index contributed by atoms with van der Waals surface area (Å²) in [7, 11) is 0. The molecule has 0 spiro atoms. The van der Waals surface area contributed by atoms with E-state index >= 15 is 0 Å². The fourth-order valence-electron chi connectivity index (χ4n) is 4.27. The molecular weight excluding hydrogens is 348 g/mol. The number of benzene rings is 2. The fourth-order valence-corrected chi connectivity index (χ4v) is 4.27. The summed E-state index contributed by atoms with van der Waals surface area (Å²) in [4.78, 5) is 26.1. The second kappa shape index (κ2) is 8.59. The molecule has 1 aliphatic heterocycles. The quantitative estimate of drug-likeness (QED) is 0.838. The van der Waals surface area contributed by atoms with E-state index in [0.29, 0.717) is 25.9 Å². The van der Waals surface area contributed by atoms with Gasteiger partial charge in [-0.05, 0) is 59.9 Å². The van der Waals surface area contributed by atoms with Gasteiger partial charge in [0.25, 0.3) is 0 Å². The normalized spacial score (nSPS) is 16.1. The highest BCUT2D eigenvalue weighted by molar-refractivity contribution is 5.79. The van der Waals surface area contributed by atoms with Crippen LogP contribution in [-0.4, -0.2) is 23.3 Å². The van der Waals surface area contributed by atoms with E-state index in [4.69, 9.17) is 0 Å². The minimum Gasteiger partial charge on any atom is -0.352 e. The van der Waals surface area contributed by atoms with Crippen LogP contribution in [0.5, 0.6) is 0 Å². The Morgan fingerprint density at radius 3 is 2.54 bits per heavy atom. The van der Waals surface area contributed by atoms with Crippen LogP contribution in [0.25, 0.3) is 0 Å². The minimum atomic E-state index is 0.0517. The first-order valence-electron chi connectivity index (χ1n) is 10.4. The zero-order valence-corrected chi connectivity index (χ0v) is 16.4. The molecule has 1 aliphatic carbocycles. The summed E-state index contributed by atoms with van der Waals surface area (Å²) in [6.07, 6.45) is 6.88. The Morgan fingerprint density at radius 1 is 0.893 bits per heavy atom. The third-order valence-corrected chi connectivity index (χ3v) is 5.80. The third-order valence-electron chi connectivity index (χ3n) is 5.80. The van der Waals surface area contributed by atoms with Crippen molar-refractivity contribution < 1.29 is 9.59 Å². The zero-order valence-electron chi connectivity index (χ0n) is 16.4. The Bertz CT molecular complexity index is 875. The lowest BCUT2D eigenvalue weighted by Crippen LogP contribution is -2.25. The summed E-state index contributed by atoms with van der Waals surface area (Å²) in [5.74, 6) is 0.291. The van der Waals surface area contributed by atoms with Gasteiger partial charge in [0.05, 0.1) is 6.42 Å². The number of nitrogens with one attached hydrogen (secondary N) is 1. The standard InChI is InChI=1S/C24H28N2O2/c27-23(15-18-10-11-21-7-1-2-8-22(21)14-18)25-16-19-5-3-6-20(13-19)17-26-12-4-9-24(26)28/h3,5-6,10-11,13-14H,1-2,4,7-9,12,15-17H2,(H,25,27). The van der Waals surface area contributed by atoms with Crippen molar-refractivity contribution in [1.29, 1.82) is 0 Å². The Balaban J connectivity index is 1.31. The van der Waals surface area contributed by atoms with Crippen molar-refractivity contribution in [3.8, 4) is 0 Å². The zero-order chi connectivity index (χ0) is 19.3. The van der Waals surface area contributed by atoms with Crippen LogP contribution in [0.2, 0.25) is 0 Å². The van der Waals surface area contributed by atoms with Crippen molar-refractivity contribution in [1.82, 2.24) is 10.2 Å². The molecule has 1 saturated heterocycles. The van der Waals surface area contributed by atoms with Gasteiger partial charge in [-0.3, -0.25) is 9.59 Å². The summed E-state index contributed by atoms with van der Waals surface area (Å²) in [5.41, 5.74) is 6.16. The topological polar surface area (TPSA) is 49.4 Å². The van der Waals surface area contributed by atoms with Crippen LogP contribution in [0.15, 0.2) is 42.5 Å². The van der Waals surface area contributed by atoms with Crippen molar-refractivity contribution >= 4 is 11.8 Å². The molecule has 4 nitrogen and oxygen atoms in total. The summed E-state index contributed by atoms with van der Waals surface area (Å²) in [5, 5.41) is 3.04. The first kappa shape index (κ1) is 18.7. The molecule has 2 aliphatic rings. The van der Waals surface area contributed by atoms with E-state index in [1.54, 1.807) is 0 Å². The molecule has 1 fully saturated rings. The number of hydrogen-bond donors (Lipinski definition) is 1. The average Bonchev–Trinajstić information content (AvgIpc) is 3.11. The first-order chi connectivity index (χ1) is 13.7. The molecule has 0 bridgehead atoms. The van der Waals surface area contributed by atoms with E-state index in [2.05, 4.69) is 29.6 Å². The maximum absolute atomic E-state index is 12.4. The number of likely N-dealkylation sites (tertiary alicyclic amines) is 1. The number of aryl methyl sites for hydroxylation is 2. The number of nitrogens with zero attached hydrogens (tertiary/aromatic N) is 1. The number of fused-ring (bicyclic) bond motifs is 1. The molecule has 2 aromatic rings. The Labute approximate surface area is 166 Å². The monoisotopic (exact) mass is 376 g/mol. The van der Waals surface area contributed by atoms with Gasteiger partial charge in [0.15, 0.2) is 0 Å². The van der Waals surface area contributed by atoms with Gasteiger partial charge < -0.3 is 10.2 Å². The van der Waals surface area contributed by atoms with Crippen molar-refractivity contribution in [3.63, 3.8) is 0 Å². The maximum Gasteiger partial charge on any atom is 0.224 e. The van der Waals surface area contributed by atoms with Gasteiger partial charge in [0, 0.05) is 26.1 Å². The fraction of sp³-hybridized carbons (Fsp3) is 0.417. The number of hydrogen-bond acceptors (Lipinski definition) is 2. The lowest BCUT2D eigenvalue weighted by atomic mass is 9.90. The maximum atomic E-state index is 12.4. The van der Waals surface area contributed by atoms with Gasteiger partial charge in [-0.15, -0.1) is 0 Å². The molecule has 0 radical (unpaired) electrons. The van der Waals surface area contributed by atoms with Crippen molar-refractivity contribution in [2.75, 3.05) is 6.54 Å². The molecule has 0 saturated carbocycles. The Morgan fingerprint density at radius 2 is 1.71 bits per heavy atom. The van der Waals surface area contributed by atoms with Crippen LogP contribution in [0.4, 0.5) is 0 Å². The summed E-state index contributed by atoms with van der Waals surface area (Å²) in [6, 6.07) is 14.7. The van der Waals surface area contributed by atoms with Gasteiger partial charge in [-0.1, -0.05) is 42.5 Å². The highest BCUT2D eigenvalue weighted by atomic mass is 16.2. The molecule has 146 valence electrons. The second-order valence-corrected chi connectivity index (χ2v) is 8.00. The number of rotatable bonds is 6. The largest absolute Gasteiger partial charge is 0.352 e. The van der Waals surface area contributed by atoms with E-state index in [0.717, 1.165) is 36.1 Å². The molecule has 4 rings (SSSR count). The van der Waals surface area contributed by atoms with E-state index < -0.39 is 0 Å². The molecule has 1 heterocycles. The van der Waals surface area contributed by atoms with Gasteiger partial charge in [-0.2, -0.15) is 0 Å². The number of carbonyl (C=O) groups excluding carboxylic acids is 2. The predicted octanol–water partition coefficient (Wildman–Crippen LogP) is 3.55. The molecule has 0 aromatic heterocycles. The SMILES string of the molecule is O=C(Cc1ccc2c(c1)CCCC2)NCc1cccc(CN2CCCC2=O)c1. The third kappa shape index (κ3) is 4.61. The van der Waals surface area contributed by atoms with E-state index in [1.807, 2.05) is 23.1 Å². The first-order valence-corrected chi connectivity index (χ1v) is 10.4. The smallest absolute Gasteiger partial charge is 0.224 e. The number of carbonyl (C=O) groups is 2. The predicted molar refractivity (Wildman–Crippen MR) is 110 cm³/mol. The lowest BCUT2D eigenvalue weighted by Gasteiger charge is -2.17. The molecular formula is C24H28N2O2. The van der Waals surface area contributed by atoms with Gasteiger partial charge in [-0.25, -0.2) is 0 Å². The summed E-state index contributed by atoms with van der Waals surface area (Å²) in [6.45, 7) is 2.03. The van der Waals surface area contributed by atoms with E-state index in [1.165, 1.54) is 30.4 Å². The highest BCUT2D eigenvalue weighted by Gasteiger charge is 2.20. The molecule has 1 N–H and O–H groups in total. The van der Waals surface area contributed by atoms with E-state index in [-0.39, 0.29) is 11.8 Å². The minimum absolute atomic E-state index is 0.0517. The average molecular weight is 377 g/mol. The van der Waals surface area contributed by atoms with Crippen molar-refractivity contribution in [2.45, 2.75) is 58.0 Å². The van der Waals surface area contributed by atoms with Crippen molar-refractivity contribution in [3.05, 3.63) is 70.3 Å². The second-order valence-electron chi connectivity index (χ2n) is 8.00. The molecule has 28 heavy (non-hydrogen) atoms. The summed E-state index contributed by atoms with van der Waals surface area (Å²) >= 11 is 0. The molecule has 2 aromatic carbocycles. The Hall–Kier alpha value is -2.62. The van der Waals surface area contributed by atoms with Crippen molar-refractivity contribution in [2.24, 2.45) is 0 Å². The molecule has 0 unspecified atom stereocenters. The molecule has 0 atom stereocenters. The van der Waals surface area contributed by atoms with Crippen LogP contribution < -0.4 is 5.32 Å². The lowest BCUT2D eigenvalue weighted by molar-refractivity contribution is -0.128. The van der Waals surface area contributed by atoms with Crippen LogP contribution in [0.3, 0.4) is 0 Å². The van der Waals surface area contributed by atoms with Crippen LogP contribution in [0.1, 0.15) is 53.5 Å². The van der Waals surface area contributed by atoms with Crippen LogP contribution >= 0.6 is 0 Å². The van der Waals surface area contributed by atoms with Gasteiger partial charge >= 0.3 is 0 Å². The Kier molecular flexibility index (Phi) is 5.75. The summed E-state index contributed by atoms with van der Waals surface area (Å²) < 4.78 is 0. The van der Waals surface area contributed by atoms with E-state index in [9.17, 15) is 9.59 Å².